The molecule has 0 heterocycles. The number of hydrogen-bond acceptors (Lipinski definition) is 4. The van der Waals surface area contributed by atoms with Gasteiger partial charge in [0.2, 0.25) is 5.91 Å². The van der Waals surface area contributed by atoms with E-state index in [4.69, 9.17) is 4.74 Å². The number of ether oxygens (including phenoxy) is 1. The molecule has 0 saturated heterocycles. The first-order valence-electron chi connectivity index (χ1n) is 8.99. The topological polar surface area (TPSA) is 96.5 Å². The zero-order valence-electron chi connectivity index (χ0n) is 15.9. The summed E-state index contributed by atoms with van der Waals surface area (Å²) >= 11 is 0. The summed E-state index contributed by atoms with van der Waals surface area (Å²) in [5.41, 5.74) is 2.92. The van der Waals surface area contributed by atoms with Gasteiger partial charge in [0.25, 0.3) is 0 Å². The molecule has 0 aliphatic heterocycles. The number of anilines is 2. The summed E-state index contributed by atoms with van der Waals surface area (Å²) in [4.78, 5) is 35.4. The molecule has 2 aromatic carbocycles. The van der Waals surface area contributed by atoms with Crippen molar-refractivity contribution in [1.82, 2.24) is 5.32 Å². The molecule has 1 aliphatic rings. The summed E-state index contributed by atoms with van der Waals surface area (Å²) in [5.74, 6) is -1.66. The minimum atomic E-state index is -0.756. The first kappa shape index (κ1) is 19.6. The second-order valence-corrected chi connectivity index (χ2v) is 6.90. The molecule has 0 spiro atoms. The Kier molecular flexibility index (Phi) is 5.75. The number of nitrogens with one attached hydrogen (secondary N) is 3. The van der Waals surface area contributed by atoms with E-state index in [1.807, 2.05) is 12.1 Å². The highest BCUT2D eigenvalue weighted by Gasteiger charge is 2.37. The van der Waals surface area contributed by atoms with Gasteiger partial charge in [-0.15, -0.1) is 0 Å². The van der Waals surface area contributed by atoms with Crippen LogP contribution in [0.4, 0.5) is 11.4 Å². The molecule has 7 heteroatoms. The minimum absolute atomic E-state index is 0.183. The summed E-state index contributed by atoms with van der Waals surface area (Å²) in [5, 5.41) is 7.85. The van der Waals surface area contributed by atoms with Crippen molar-refractivity contribution in [3.05, 3.63) is 59.7 Å². The zero-order valence-corrected chi connectivity index (χ0v) is 15.9. The third kappa shape index (κ3) is 4.55. The van der Waals surface area contributed by atoms with E-state index >= 15 is 0 Å². The van der Waals surface area contributed by atoms with Gasteiger partial charge in [-0.2, -0.15) is 0 Å². The molecule has 0 fully saturated rings. The molecule has 2 aromatic rings. The van der Waals surface area contributed by atoms with E-state index in [0.717, 1.165) is 0 Å². The van der Waals surface area contributed by atoms with Crippen molar-refractivity contribution < 1.29 is 19.1 Å². The van der Waals surface area contributed by atoms with Crippen LogP contribution in [0.25, 0.3) is 0 Å². The molecule has 146 valence electrons. The molecule has 0 bridgehead atoms. The summed E-state index contributed by atoms with van der Waals surface area (Å²) in [7, 11) is 1.62. The molecular formula is C21H23N3O4. The molecule has 3 rings (SSSR count). The van der Waals surface area contributed by atoms with Gasteiger partial charge in [0.15, 0.2) is 0 Å². The lowest BCUT2D eigenvalue weighted by molar-refractivity contribution is -0.137. The summed E-state index contributed by atoms with van der Waals surface area (Å²) in [6, 6.07) is 14.6. The van der Waals surface area contributed by atoms with Crippen molar-refractivity contribution in [2.45, 2.75) is 25.4 Å². The van der Waals surface area contributed by atoms with Gasteiger partial charge in [-0.1, -0.05) is 24.3 Å². The number of methoxy groups -OCH3 is 1. The van der Waals surface area contributed by atoms with Crippen LogP contribution in [-0.2, 0) is 32.0 Å². The third-order valence-electron chi connectivity index (χ3n) is 4.82. The third-order valence-corrected chi connectivity index (χ3v) is 4.82. The fourth-order valence-electron chi connectivity index (χ4n) is 3.35. The molecular weight excluding hydrogens is 358 g/mol. The van der Waals surface area contributed by atoms with Crippen molar-refractivity contribution in [2.75, 3.05) is 24.3 Å². The number of carbonyl (C=O) groups is 3. The maximum atomic E-state index is 12.2. The van der Waals surface area contributed by atoms with Crippen molar-refractivity contribution in [2.24, 2.45) is 0 Å². The van der Waals surface area contributed by atoms with Gasteiger partial charge in [-0.3, -0.25) is 14.4 Å². The van der Waals surface area contributed by atoms with E-state index in [1.54, 1.807) is 31.4 Å². The van der Waals surface area contributed by atoms with Crippen LogP contribution in [0.2, 0.25) is 0 Å². The Labute approximate surface area is 163 Å². The highest BCUT2D eigenvalue weighted by molar-refractivity contribution is 6.39. The predicted octanol–water partition coefficient (Wildman–Crippen LogP) is 1.88. The van der Waals surface area contributed by atoms with Crippen LogP contribution in [0.1, 0.15) is 18.1 Å². The van der Waals surface area contributed by atoms with Crippen molar-refractivity contribution in [3.8, 4) is 0 Å². The Bertz CT molecular complexity index is 868. The molecule has 3 N–H and O–H groups in total. The molecule has 7 nitrogen and oxygen atoms in total. The molecule has 0 aromatic heterocycles. The van der Waals surface area contributed by atoms with E-state index in [9.17, 15) is 14.4 Å². The second kappa shape index (κ2) is 8.22. The lowest BCUT2D eigenvalue weighted by Crippen LogP contribution is -2.48. The molecule has 0 unspecified atom stereocenters. The van der Waals surface area contributed by atoms with E-state index in [2.05, 4.69) is 28.1 Å². The second-order valence-electron chi connectivity index (χ2n) is 6.90. The average molecular weight is 381 g/mol. The van der Waals surface area contributed by atoms with Crippen LogP contribution in [0.15, 0.2) is 48.5 Å². The molecule has 0 atom stereocenters. The van der Waals surface area contributed by atoms with Crippen molar-refractivity contribution in [3.63, 3.8) is 0 Å². The molecule has 1 aliphatic carbocycles. The van der Waals surface area contributed by atoms with Gasteiger partial charge in [0.1, 0.15) is 0 Å². The highest BCUT2D eigenvalue weighted by atomic mass is 16.5. The maximum Gasteiger partial charge on any atom is 0.313 e. The fourth-order valence-corrected chi connectivity index (χ4v) is 3.35. The number of carbonyl (C=O) groups excluding carboxylic acids is 3. The quantitative estimate of drug-likeness (QED) is 0.689. The number of fused-ring (bicyclic) bond motifs is 1. The Morgan fingerprint density at radius 1 is 0.893 bits per heavy atom. The summed E-state index contributed by atoms with van der Waals surface area (Å²) < 4.78 is 5.69. The fraction of sp³-hybridized carbons (Fsp3) is 0.286. The summed E-state index contributed by atoms with van der Waals surface area (Å²) in [6.07, 6.45) is 1.37. The lowest BCUT2D eigenvalue weighted by atomic mass is 10.00. The van der Waals surface area contributed by atoms with Crippen LogP contribution in [-0.4, -0.2) is 37.0 Å². The normalized spacial score (nSPS) is 14.1. The number of hydrogen-bond donors (Lipinski definition) is 3. The van der Waals surface area contributed by atoms with E-state index in [0.29, 0.717) is 24.2 Å². The van der Waals surface area contributed by atoms with Crippen LogP contribution in [0, 0.1) is 0 Å². The van der Waals surface area contributed by atoms with Crippen LogP contribution in [0.3, 0.4) is 0 Å². The van der Waals surface area contributed by atoms with Gasteiger partial charge in [-0.05, 0) is 35.4 Å². The number of rotatable bonds is 5. The molecule has 0 radical (unpaired) electrons. The first-order chi connectivity index (χ1) is 13.4. The lowest BCUT2D eigenvalue weighted by Gasteiger charge is -2.27. The van der Waals surface area contributed by atoms with Gasteiger partial charge >= 0.3 is 11.8 Å². The molecule has 28 heavy (non-hydrogen) atoms. The van der Waals surface area contributed by atoms with Gasteiger partial charge < -0.3 is 20.7 Å². The standard InChI is InChI=1S/C21H23N3O4/c1-14(25)23-17-7-9-18(10-8-17)24-20(27)19(26)22-13-21(28-2)11-15-5-3-4-6-16(15)12-21/h3-10H,11-13H2,1-2H3,(H,22,26)(H,23,25)(H,24,27). The van der Waals surface area contributed by atoms with Crippen molar-refractivity contribution >= 4 is 29.1 Å². The van der Waals surface area contributed by atoms with Crippen LogP contribution in [0.5, 0.6) is 0 Å². The Balaban J connectivity index is 1.54. The predicted molar refractivity (Wildman–Crippen MR) is 106 cm³/mol. The smallest absolute Gasteiger partial charge is 0.313 e. The molecule has 3 amide bonds. The Morgan fingerprint density at radius 3 is 1.93 bits per heavy atom. The average Bonchev–Trinajstić information content (AvgIpc) is 3.06. The molecule has 0 saturated carbocycles. The Hall–Kier alpha value is -3.19. The van der Waals surface area contributed by atoms with Gasteiger partial charge in [0.05, 0.1) is 5.60 Å². The van der Waals surface area contributed by atoms with E-state index < -0.39 is 17.4 Å². The van der Waals surface area contributed by atoms with Gasteiger partial charge in [-0.25, -0.2) is 0 Å². The SMILES string of the molecule is COC1(CNC(=O)C(=O)Nc2ccc(NC(C)=O)cc2)Cc2ccccc2C1. The van der Waals surface area contributed by atoms with Crippen LogP contribution < -0.4 is 16.0 Å². The minimum Gasteiger partial charge on any atom is -0.376 e. The van der Waals surface area contributed by atoms with E-state index in [1.165, 1.54) is 18.1 Å². The Morgan fingerprint density at radius 2 is 1.43 bits per heavy atom. The monoisotopic (exact) mass is 381 g/mol. The van der Waals surface area contributed by atoms with Gasteiger partial charge in [0, 0.05) is 44.8 Å². The largest absolute Gasteiger partial charge is 0.376 e. The zero-order chi connectivity index (χ0) is 20.1. The van der Waals surface area contributed by atoms with Crippen molar-refractivity contribution in [1.29, 1.82) is 0 Å². The van der Waals surface area contributed by atoms with Crippen LogP contribution >= 0.6 is 0 Å². The number of benzene rings is 2. The number of amides is 3. The maximum absolute atomic E-state index is 12.2. The van der Waals surface area contributed by atoms with E-state index in [-0.39, 0.29) is 12.5 Å². The first-order valence-corrected chi connectivity index (χ1v) is 8.99. The summed E-state index contributed by atoms with van der Waals surface area (Å²) in [6.45, 7) is 1.65. The highest BCUT2D eigenvalue weighted by Crippen LogP contribution is 2.32.